The van der Waals surface area contributed by atoms with Crippen LogP contribution in [0.25, 0.3) is 5.69 Å². The fraction of sp³-hybridized carbons (Fsp3) is 0.333. The Morgan fingerprint density at radius 3 is 2.70 bits per heavy atom. The molecule has 0 spiro atoms. The van der Waals surface area contributed by atoms with Crippen LogP contribution in [0.5, 0.6) is 0 Å². The van der Waals surface area contributed by atoms with Crippen molar-refractivity contribution in [1.82, 2.24) is 20.0 Å². The SMILES string of the molecule is CSCc1nnc(SC(C)C(=O)Nc2c(C)nn(-c3ccccc3)c2C)o1. The van der Waals surface area contributed by atoms with Gasteiger partial charge in [0.1, 0.15) is 0 Å². The van der Waals surface area contributed by atoms with E-state index in [0.29, 0.717) is 16.9 Å². The number of aromatic nitrogens is 4. The summed E-state index contributed by atoms with van der Waals surface area (Å²) in [5.41, 5.74) is 3.32. The highest BCUT2D eigenvalue weighted by Gasteiger charge is 2.21. The average Bonchev–Trinajstić information content (AvgIpc) is 3.21. The first-order valence-corrected chi connectivity index (χ1v) is 10.7. The Labute approximate surface area is 166 Å². The van der Waals surface area contributed by atoms with E-state index in [1.165, 1.54) is 11.8 Å². The van der Waals surface area contributed by atoms with Gasteiger partial charge in [0, 0.05) is 0 Å². The lowest BCUT2D eigenvalue weighted by atomic mass is 10.3. The van der Waals surface area contributed by atoms with Gasteiger partial charge in [0.15, 0.2) is 0 Å². The Balaban J connectivity index is 1.71. The molecule has 7 nitrogen and oxygen atoms in total. The van der Waals surface area contributed by atoms with Gasteiger partial charge in [-0.2, -0.15) is 16.9 Å². The molecule has 142 valence electrons. The van der Waals surface area contributed by atoms with Gasteiger partial charge in [0.25, 0.3) is 5.22 Å². The van der Waals surface area contributed by atoms with Crippen LogP contribution in [-0.2, 0) is 10.5 Å². The summed E-state index contributed by atoms with van der Waals surface area (Å²) in [6.07, 6.45) is 1.97. The first-order chi connectivity index (χ1) is 13.0. The number of carbonyl (C=O) groups excluding carboxylic acids is 1. The third-order valence-electron chi connectivity index (χ3n) is 3.90. The zero-order chi connectivity index (χ0) is 19.4. The van der Waals surface area contributed by atoms with E-state index >= 15 is 0 Å². The largest absolute Gasteiger partial charge is 0.415 e. The molecule has 0 aliphatic carbocycles. The topological polar surface area (TPSA) is 85.8 Å². The van der Waals surface area contributed by atoms with Crippen molar-refractivity contribution in [2.45, 2.75) is 37.0 Å². The van der Waals surface area contributed by atoms with Gasteiger partial charge in [0.2, 0.25) is 11.8 Å². The van der Waals surface area contributed by atoms with Crippen LogP contribution in [-0.4, -0.2) is 37.4 Å². The van der Waals surface area contributed by atoms with E-state index in [4.69, 9.17) is 4.42 Å². The summed E-state index contributed by atoms with van der Waals surface area (Å²) in [6.45, 7) is 5.63. The van der Waals surface area contributed by atoms with Crippen molar-refractivity contribution in [3.05, 3.63) is 47.6 Å². The van der Waals surface area contributed by atoms with Crippen molar-refractivity contribution in [2.75, 3.05) is 11.6 Å². The van der Waals surface area contributed by atoms with Gasteiger partial charge in [-0.25, -0.2) is 4.68 Å². The summed E-state index contributed by atoms with van der Waals surface area (Å²) in [6, 6.07) is 9.83. The molecule has 1 unspecified atom stereocenters. The number of aryl methyl sites for hydroxylation is 1. The number of hydrogen-bond donors (Lipinski definition) is 1. The first-order valence-electron chi connectivity index (χ1n) is 8.40. The molecule has 0 fully saturated rings. The molecule has 2 aromatic heterocycles. The summed E-state index contributed by atoms with van der Waals surface area (Å²) in [7, 11) is 0. The minimum atomic E-state index is -0.383. The standard InChI is InChI=1S/C18H21N5O2S2/c1-11-16(12(2)23(22-11)14-8-6-5-7-9-14)19-17(24)13(3)27-18-21-20-15(25-18)10-26-4/h5-9,13H,10H2,1-4H3,(H,19,24). The molecule has 0 aliphatic heterocycles. The number of benzene rings is 1. The fourth-order valence-corrected chi connectivity index (χ4v) is 3.61. The second-order valence-corrected chi connectivity index (χ2v) is 8.10. The van der Waals surface area contributed by atoms with Crippen LogP contribution in [0, 0.1) is 13.8 Å². The minimum absolute atomic E-state index is 0.136. The lowest BCUT2D eigenvalue weighted by Crippen LogP contribution is -2.23. The molecule has 1 N–H and O–H groups in total. The molecule has 0 radical (unpaired) electrons. The monoisotopic (exact) mass is 403 g/mol. The fourth-order valence-electron chi connectivity index (χ4n) is 2.54. The van der Waals surface area contributed by atoms with E-state index < -0.39 is 0 Å². The summed E-state index contributed by atoms with van der Waals surface area (Å²) in [5.74, 6) is 1.09. The number of nitrogens with one attached hydrogen (secondary N) is 1. The third kappa shape index (κ3) is 4.54. The predicted octanol–water partition coefficient (Wildman–Crippen LogP) is 3.85. The zero-order valence-electron chi connectivity index (χ0n) is 15.6. The van der Waals surface area contributed by atoms with E-state index in [-0.39, 0.29) is 11.2 Å². The molecule has 27 heavy (non-hydrogen) atoms. The van der Waals surface area contributed by atoms with Crippen molar-refractivity contribution in [1.29, 1.82) is 0 Å². The van der Waals surface area contributed by atoms with Crippen LogP contribution in [0.3, 0.4) is 0 Å². The molecule has 1 atom stereocenters. The average molecular weight is 404 g/mol. The van der Waals surface area contributed by atoms with E-state index in [0.717, 1.165) is 22.8 Å². The zero-order valence-corrected chi connectivity index (χ0v) is 17.2. The highest BCUT2D eigenvalue weighted by atomic mass is 32.2. The number of amides is 1. The number of carbonyl (C=O) groups is 1. The number of nitrogens with zero attached hydrogens (tertiary/aromatic N) is 4. The molecule has 0 aliphatic rings. The van der Waals surface area contributed by atoms with Crippen LogP contribution in [0.4, 0.5) is 5.69 Å². The number of rotatable bonds is 7. The maximum absolute atomic E-state index is 12.6. The smallest absolute Gasteiger partial charge is 0.277 e. The lowest BCUT2D eigenvalue weighted by Gasteiger charge is -2.10. The number of thioether (sulfide) groups is 2. The quantitative estimate of drug-likeness (QED) is 0.600. The summed E-state index contributed by atoms with van der Waals surface area (Å²) in [4.78, 5) is 12.6. The van der Waals surface area contributed by atoms with Gasteiger partial charge < -0.3 is 9.73 Å². The van der Waals surface area contributed by atoms with Gasteiger partial charge in [-0.3, -0.25) is 4.79 Å². The van der Waals surface area contributed by atoms with E-state index in [9.17, 15) is 4.79 Å². The molecule has 9 heteroatoms. The van der Waals surface area contributed by atoms with Crippen molar-refractivity contribution >= 4 is 35.1 Å². The first kappa shape index (κ1) is 19.5. The van der Waals surface area contributed by atoms with Crippen LogP contribution >= 0.6 is 23.5 Å². The Morgan fingerprint density at radius 2 is 2.00 bits per heavy atom. The van der Waals surface area contributed by atoms with Gasteiger partial charge in [-0.15, -0.1) is 10.2 Å². The molecule has 1 amide bonds. The number of anilines is 1. The van der Waals surface area contributed by atoms with Crippen LogP contribution in [0.2, 0.25) is 0 Å². The van der Waals surface area contributed by atoms with E-state index in [2.05, 4.69) is 20.6 Å². The van der Waals surface area contributed by atoms with Crippen molar-refractivity contribution in [3.8, 4) is 5.69 Å². The highest BCUT2D eigenvalue weighted by molar-refractivity contribution is 8.00. The molecule has 3 rings (SSSR count). The highest BCUT2D eigenvalue weighted by Crippen LogP contribution is 2.26. The van der Waals surface area contributed by atoms with Gasteiger partial charge >= 0.3 is 0 Å². The summed E-state index contributed by atoms with van der Waals surface area (Å²) < 4.78 is 7.36. The van der Waals surface area contributed by atoms with E-state index in [1.54, 1.807) is 11.8 Å². The predicted molar refractivity (Wildman–Crippen MR) is 109 cm³/mol. The Kier molecular flexibility index (Phi) is 6.22. The molecular formula is C18H21N5O2S2. The van der Waals surface area contributed by atoms with Gasteiger partial charge in [-0.1, -0.05) is 30.0 Å². The summed E-state index contributed by atoms with van der Waals surface area (Å²) in [5, 5.41) is 15.5. The number of para-hydroxylation sites is 1. The second-order valence-electron chi connectivity index (χ2n) is 5.94. The Bertz CT molecular complexity index is 923. The third-order valence-corrected chi connectivity index (χ3v) is 5.37. The molecular weight excluding hydrogens is 382 g/mol. The van der Waals surface area contributed by atoms with Gasteiger partial charge in [0.05, 0.1) is 33.8 Å². The van der Waals surface area contributed by atoms with Crippen LogP contribution in [0.15, 0.2) is 40.0 Å². The van der Waals surface area contributed by atoms with Crippen molar-refractivity contribution in [3.63, 3.8) is 0 Å². The normalized spacial score (nSPS) is 12.1. The minimum Gasteiger partial charge on any atom is -0.415 e. The molecule has 0 bridgehead atoms. The molecule has 0 saturated heterocycles. The molecule has 0 saturated carbocycles. The van der Waals surface area contributed by atoms with Crippen LogP contribution < -0.4 is 5.32 Å². The molecule has 3 aromatic rings. The van der Waals surface area contributed by atoms with Crippen molar-refractivity contribution in [2.24, 2.45) is 0 Å². The summed E-state index contributed by atoms with van der Waals surface area (Å²) >= 11 is 2.85. The van der Waals surface area contributed by atoms with Crippen LogP contribution in [0.1, 0.15) is 24.2 Å². The maximum Gasteiger partial charge on any atom is 0.277 e. The maximum atomic E-state index is 12.6. The molecule has 2 heterocycles. The van der Waals surface area contributed by atoms with Crippen molar-refractivity contribution < 1.29 is 9.21 Å². The Morgan fingerprint density at radius 1 is 1.26 bits per heavy atom. The van der Waals surface area contributed by atoms with E-state index in [1.807, 2.05) is 62.0 Å². The number of hydrogen-bond acceptors (Lipinski definition) is 7. The Hall–Kier alpha value is -2.26. The molecule has 1 aromatic carbocycles. The second kappa shape index (κ2) is 8.62. The van der Waals surface area contributed by atoms with Gasteiger partial charge in [-0.05, 0) is 39.2 Å². The lowest BCUT2D eigenvalue weighted by molar-refractivity contribution is -0.115.